The standard InChI is InChI=1S/C22H29FN2O4S/c1-6-16(2)25(21(26)24-22(3,4)5)15-17-9-7-8-10-20(17)29-30(27,28)19-13-11-18(23)12-14-19/h7-14,16H,6,15H2,1-5H3,(H,24,26)/t16-/m1/s1. The Morgan fingerprint density at radius 3 is 2.30 bits per heavy atom. The van der Waals surface area contributed by atoms with E-state index >= 15 is 0 Å². The Labute approximate surface area is 178 Å². The minimum Gasteiger partial charge on any atom is -0.379 e. The number of rotatable bonds is 7. The average molecular weight is 437 g/mol. The molecule has 0 bridgehead atoms. The number of nitrogens with zero attached hydrogens (tertiary/aromatic N) is 1. The molecule has 0 fully saturated rings. The van der Waals surface area contributed by atoms with Crippen molar-refractivity contribution in [1.82, 2.24) is 10.2 Å². The Morgan fingerprint density at radius 2 is 1.73 bits per heavy atom. The molecular weight excluding hydrogens is 407 g/mol. The summed E-state index contributed by atoms with van der Waals surface area (Å²) in [6.07, 6.45) is 0.731. The highest BCUT2D eigenvalue weighted by molar-refractivity contribution is 7.87. The van der Waals surface area contributed by atoms with E-state index in [1.165, 1.54) is 6.07 Å². The Hall–Kier alpha value is -2.61. The van der Waals surface area contributed by atoms with Gasteiger partial charge in [0.1, 0.15) is 16.5 Å². The molecular formula is C22H29FN2O4S. The van der Waals surface area contributed by atoms with Crippen molar-refractivity contribution < 1.29 is 21.8 Å². The molecule has 0 aliphatic heterocycles. The van der Waals surface area contributed by atoms with Gasteiger partial charge in [-0.05, 0) is 64.4 Å². The van der Waals surface area contributed by atoms with Crippen LogP contribution in [0.2, 0.25) is 0 Å². The average Bonchev–Trinajstić information content (AvgIpc) is 2.65. The predicted octanol–water partition coefficient (Wildman–Crippen LogP) is 4.70. The van der Waals surface area contributed by atoms with Crippen molar-refractivity contribution in [3.63, 3.8) is 0 Å². The molecule has 0 spiro atoms. The van der Waals surface area contributed by atoms with Crippen LogP contribution in [-0.4, -0.2) is 30.9 Å². The first-order valence-corrected chi connectivity index (χ1v) is 11.2. The second-order valence-electron chi connectivity index (χ2n) is 8.16. The molecule has 30 heavy (non-hydrogen) atoms. The molecule has 1 N–H and O–H groups in total. The van der Waals surface area contributed by atoms with E-state index in [9.17, 15) is 17.6 Å². The highest BCUT2D eigenvalue weighted by Gasteiger charge is 2.25. The van der Waals surface area contributed by atoms with E-state index in [0.29, 0.717) is 5.56 Å². The van der Waals surface area contributed by atoms with Crippen LogP contribution in [-0.2, 0) is 16.7 Å². The minimum absolute atomic E-state index is 0.0749. The van der Waals surface area contributed by atoms with Crippen LogP contribution in [0.4, 0.5) is 9.18 Å². The molecule has 0 saturated heterocycles. The topological polar surface area (TPSA) is 75.7 Å². The number of amides is 2. The highest BCUT2D eigenvalue weighted by Crippen LogP contribution is 2.25. The number of carbonyl (C=O) groups excluding carboxylic acids is 1. The van der Waals surface area contributed by atoms with Gasteiger partial charge in [0.15, 0.2) is 0 Å². The molecule has 2 rings (SSSR count). The van der Waals surface area contributed by atoms with Gasteiger partial charge in [0.2, 0.25) is 0 Å². The molecule has 0 aliphatic carbocycles. The lowest BCUT2D eigenvalue weighted by Gasteiger charge is -2.32. The van der Waals surface area contributed by atoms with Crippen molar-refractivity contribution in [2.24, 2.45) is 0 Å². The molecule has 0 saturated carbocycles. The fraction of sp³-hybridized carbons (Fsp3) is 0.409. The maximum Gasteiger partial charge on any atom is 0.339 e. The van der Waals surface area contributed by atoms with Gasteiger partial charge >= 0.3 is 16.1 Å². The fourth-order valence-corrected chi connectivity index (χ4v) is 3.67. The van der Waals surface area contributed by atoms with Crippen molar-refractivity contribution in [3.05, 3.63) is 59.9 Å². The van der Waals surface area contributed by atoms with Crippen LogP contribution in [0.5, 0.6) is 5.75 Å². The zero-order valence-electron chi connectivity index (χ0n) is 18.0. The first-order valence-electron chi connectivity index (χ1n) is 9.79. The third kappa shape index (κ3) is 6.45. The lowest BCUT2D eigenvalue weighted by molar-refractivity contribution is 0.164. The molecule has 2 aromatic rings. The highest BCUT2D eigenvalue weighted by atomic mass is 32.2. The van der Waals surface area contributed by atoms with E-state index in [1.807, 2.05) is 34.6 Å². The van der Waals surface area contributed by atoms with E-state index in [-0.39, 0.29) is 29.3 Å². The predicted molar refractivity (Wildman–Crippen MR) is 114 cm³/mol. The number of carbonyl (C=O) groups is 1. The zero-order valence-corrected chi connectivity index (χ0v) is 18.8. The van der Waals surface area contributed by atoms with Crippen LogP contribution in [0.3, 0.4) is 0 Å². The van der Waals surface area contributed by atoms with Crippen molar-refractivity contribution in [2.75, 3.05) is 0 Å². The number of benzene rings is 2. The third-order valence-corrected chi connectivity index (χ3v) is 5.73. The van der Waals surface area contributed by atoms with Crippen LogP contribution in [0, 0.1) is 5.82 Å². The molecule has 8 heteroatoms. The lowest BCUT2D eigenvalue weighted by atomic mass is 10.1. The summed E-state index contributed by atoms with van der Waals surface area (Å²) in [5.74, 6) is -0.415. The summed E-state index contributed by atoms with van der Waals surface area (Å²) in [5.41, 5.74) is 0.137. The molecule has 2 aromatic carbocycles. The molecule has 0 aromatic heterocycles. The quantitative estimate of drug-likeness (QED) is 0.638. The normalized spacial score (nSPS) is 12.9. The second kappa shape index (κ2) is 9.47. The Kier molecular flexibility index (Phi) is 7.47. The van der Waals surface area contributed by atoms with Crippen molar-refractivity contribution in [1.29, 1.82) is 0 Å². The number of hydrogen-bond acceptors (Lipinski definition) is 4. The SMILES string of the molecule is CC[C@@H](C)N(Cc1ccccc1OS(=O)(=O)c1ccc(F)cc1)C(=O)NC(C)(C)C. The smallest absolute Gasteiger partial charge is 0.339 e. The number of hydrogen-bond donors (Lipinski definition) is 1. The lowest BCUT2D eigenvalue weighted by Crippen LogP contribution is -2.50. The van der Waals surface area contributed by atoms with Gasteiger partial charge in [0.05, 0.1) is 6.54 Å². The first-order chi connectivity index (χ1) is 13.9. The van der Waals surface area contributed by atoms with Crippen molar-refractivity contribution in [2.45, 2.75) is 64.1 Å². The van der Waals surface area contributed by atoms with Crippen LogP contribution in [0.25, 0.3) is 0 Å². The van der Waals surface area contributed by atoms with Crippen LogP contribution >= 0.6 is 0 Å². The maximum atomic E-state index is 13.1. The number of para-hydroxylation sites is 1. The molecule has 6 nitrogen and oxygen atoms in total. The van der Waals surface area contributed by atoms with E-state index in [4.69, 9.17) is 4.18 Å². The Morgan fingerprint density at radius 1 is 1.13 bits per heavy atom. The van der Waals surface area contributed by atoms with E-state index in [1.54, 1.807) is 23.1 Å². The van der Waals surface area contributed by atoms with Crippen molar-refractivity contribution in [3.8, 4) is 5.75 Å². The minimum atomic E-state index is -4.15. The van der Waals surface area contributed by atoms with Gasteiger partial charge in [-0.15, -0.1) is 0 Å². The van der Waals surface area contributed by atoms with E-state index in [0.717, 1.165) is 30.7 Å². The monoisotopic (exact) mass is 436 g/mol. The molecule has 164 valence electrons. The van der Waals surface area contributed by atoms with Crippen LogP contribution in [0.15, 0.2) is 53.4 Å². The molecule has 2 amide bonds. The van der Waals surface area contributed by atoms with Gasteiger partial charge in [-0.3, -0.25) is 0 Å². The second-order valence-corrected chi connectivity index (χ2v) is 9.71. The molecule has 0 heterocycles. The number of nitrogens with one attached hydrogen (secondary N) is 1. The Bertz CT molecular complexity index is 969. The van der Waals surface area contributed by atoms with Crippen LogP contribution in [0.1, 0.15) is 46.6 Å². The van der Waals surface area contributed by atoms with Gasteiger partial charge in [-0.25, -0.2) is 9.18 Å². The molecule has 0 aliphatic rings. The molecule has 0 unspecified atom stereocenters. The van der Waals surface area contributed by atoms with Crippen LogP contribution < -0.4 is 9.50 Å². The fourth-order valence-electron chi connectivity index (χ4n) is 2.71. The van der Waals surface area contributed by atoms with E-state index in [2.05, 4.69) is 5.32 Å². The number of halogens is 1. The summed E-state index contributed by atoms with van der Waals surface area (Å²) >= 11 is 0. The zero-order chi connectivity index (χ0) is 22.5. The molecule has 1 atom stereocenters. The van der Waals surface area contributed by atoms with Gasteiger partial charge in [-0.1, -0.05) is 25.1 Å². The summed E-state index contributed by atoms with van der Waals surface area (Å²) < 4.78 is 43.7. The summed E-state index contributed by atoms with van der Waals surface area (Å²) in [6.45, 7) is 9.76. The number of urea groups is 1. The van der Waals surface area contributed by atoms with Gasteiger partial charge in [0.25, 0.3) is 0 Å². The van der Waals surface area contributed by atoms with E-state index < -0.39 is 21.5 Å². The first kappa shape index (κ1) is 23.7. The summed E-state index contributed by atoms with van der Waals surface area (Å²) in [4.78, 5) is 14.3. The van der Waals surface area contributed by atoms with Crippen molar-refractivity contribution >= 4 is 16.1 Å². The maximum absolute atomic E-state index is 13.1. The summed E-state index contributed by atoms with van der Waals surface area (Å²) in [6, 6.07) is 10.8. The largest absolute Gasteiger partial charge is 0.379 e. The third-order valence-electron chi connectivity index (χ3n) is 4.48. The molecule has 0 radical (unpaired) electrons. The van der Waals surface area contributed by atoms with Gasteiger partial charge < -0.3 is 14.4 Å². The summed E-state index contributed by atoms with van der Waals surface area (Å²) in [5, 5.41) is 2.95. The van der Waals surface area contributed by atoms with Gasteiger partial charge in [0, 0.05) is 17.1 Å². The Balaban J connectivity index is 2.32. The summed E-state index contributed by atoms with van der Waals surface area (Å²) in [7, 11) is -4.15. The van der Waals surface area contributed by atoms with Gasteiger partial charge in [-0.2, -0.15) is 8.42 Å².